The molecule has 2 aromatic heterocycles. The number of amidine groups is 1. The summed E-state index contributed by atoms with van der Waals surface area (Å²) in [4.78, 5) is 36.1. The molecule has 0 aliphatic heterocycles. The molecular weight excluding hydrogens is 473 g/mol. The Bertz CT molecular complexity index is 1100. The molecule has 0 bridgehead atoms. The number of nitrogens with zero attached hydrogens (tertiary/aromatic N) is 3. The van der Waals surface area contributed by atoms with Gasteiger partial charge in [0.05, 0.1) is 17.4 Å². The molecule has 178 valence electrons. The van der Waals surface area contributed by atoms with Gasteiger partial charge in [0.15, 0.2) is 11.0 Å². The van der Waals surface area contributed by atoms with Crippen molar-refractivity contribution in [3.8, 4) is 0 Å². The fraction of sp³-hybridized carbons (Fsp3) is 0.364. The van der Waals surface area contributed by atoms with E-state index < -0.39 is 29.3 Å². The van der Waals surface area contributed by atoms with E-state index >= 15 is 0 Å². The monoisotopic (exact) mass is 498 g/mol. The van der Waals surface area contributed by atoms with Crippen LogP contribution in [0.4, 0.5) is 18.9 Å². The quantitative estimate of drug-likeness (QED) is 0.289. The number of nitrogens with one attached hydrogen (secondary N) is 1. The average molecular weight is 499 g/mol. The van der Waals surface area contributed by atoms with E-state index in [1.54, 1.807) is 0 Å². The molecule has 1 atom stereocenters. The largest absolute Gasteiger partial charge is 0.324 e. The number of thiazole rings is 1. The second kappa shape index (κ2) is 12.5. The SMILES string of the molecule is CCC(=C/C(F)=C(/CSC(=NC)N(C(=O)c1cncs1)c1c[nH]c(=O)c(F)c1)C(C)F)CC. The Hall–Kier alpha value is -2.66. The first kappa shape index (κ1) is 26.6. The lowest BCUT2D eigenvalue weighted by molar-refractivity contribution is 0.101. The highest BCUT2D eigenvalue weighted by molar-refractivity contribution is 8.14. The second-order valence-electron chi connectivity index (χ2n) is 6.83. The first-order valence-corrected chi connectivity index (χ1v) is 12.0. The number of anilines is 1. The molecule has 0 aromatic carbocycles. The average Bonchev–Trinajstić information content (AvgIpc) is 3.33. The van der Waals surface area contributed by atoms with Gasteiger partial charge >= 0.3 is 0 Å². The number of H-pyrrole nitrogens is 1. The zero-order valence-electron chi connectivity index (χ0n) is 18.7. The van der Waals surface area contributed by atoms with E-state index in [0.29, 0.717) is 12.8 Å². The number of aromatic nitrogens is 2. The van der Waals surface area contributed by atoms with Gasteiger partial charge in [-0.15, -0.1) is 11.3 Å². The Morgan fingerprint density at radius 1 is 1.39 bits per heavy atom. The minimum Gasteiger partial charge on any atom is -0.324 e. The van der Waals surface area contributed by atoms with Gasteiger partial charge in [-0.1, -0.05) is 31.2 Å². The molecule has 0 saturated carbocycles. The molecule has 1 amide bonds. The lowest BCUT2D eigenvalue weighted by atomic mass is 10.1. The predicted molar refractivity (Wildman–Crippen MR) is 129 cm³/mol. The molecule has 0 radical (unpaired) electrons. The van der Waals surface area contributed by atoms with Crippen molar-refractivity contribution in [2.45, 2.75) is 39.8 Å². The molecule has 0 aliphatic rings. The maximum Gasteiger partial charge on any atom is 0.284 e. The normalized spacial score (nSPS) is 13.4. The number of hydrogen-bond acceptors (Lipinski definition) is 6. The maximum absolute atomic E-state index is 14.8. The van der Waals surface area contributed by atoms with Gasteiger partial charge in [-0.05, 0) is 25.8 Å². The van der Waals surface area contributed by atoms with Crippen LogP contribution in [-0.2, 0) is 0 Å². The van der Waals surface area contributed by atoms with Gasteiger partial charge in [0, 0.05) is 30.6 Å². The number of carbonyl (C=O) groups is 1. The van der Waals surface area contributed by atoms with Crippen LogP contribution in [-0.4, -0.2) is 40.0 Å². The lowest BCUT2D eigenvalue weighted by Crippen LogP contribution is -2.36. The Labute approximate surface area is 198 Å². The number of aliphatic imine (C=N–C) groups is 1. The highest BCUT2D eigenvalue weighted by Gasteiger charge is 2.26. The summed E-state index contributed by atoms with van der Waals surface area (Å²) >= 11 is 1.99. The van der Waals surface area contributed by atoms with Gasteiger partial charge in [-0.3, -0.25) is 24.5 Å². The van der Waals surface area contributed by atoms with Crippen molar-refractivity contribution >= 4 is 39.9 Å². The third-order valence-corrected chi connectivity index (χ3v) is 6.55. The van der Waals surface area contributed by atoms with Crippen LogP contribution < -0.4 is 10.5 Å². The van der Waals surface area contributed by atoms with E-state index in [1.165, 1.54) is 38.0 Å². The molecule has 0 fully saturated rings. The second-order valence-corrected chi connectivity index (χ2v) is 8.66. The van der Waals surface area contributed by atoms with Gasteiger partial charge in [-0.25, -0.2) is 13.2 Å². The van der Waals surface area contributed by atoms with E-state index in [-0.39, 0.29) is 27.1 Å². The fourth-order valence-corrected chi connectivity index (χ4v) is 4.44. The predicted octanol–water partition coefficient (Wildman–Crippen LogP) is 5.66. The van der Waals surface area contributed by atoms with E-state index in [2.05, 4.69) is 15.0 Å². The van der Waals surface area contributed by atoms with Crippen LogP contribution in [0.3, 0.4) is 0 Å². The molecule has 0 aliphatic carbocycles. The van der Waals surface area contributed by atoms with Gasteiger partial charge < -0.3 is 4.98 Å². The lowest BCUT2D eigenvalue weighted by Gasteiger charge is -2.23. The standard InChI is InChI=1S/C22H25F3N4O2S2/c1-5-14(6-2)7-17(24)16(13(3)23)11-32-22(26-4)29(21(31)19-10-27-12-33-19)15-8-18(25)20(30)28-9-15/h7-10,12-13H,5-6,11H2,1-4H3,(H,28,30)/b17-16+,26-22?. The molecule has 2 heterocycles. The number of rotatable bonds is 8. The minimum atomic E-state index is -1.57. The van der Waals surface area contributed by atoms with Gasteiger partial charge in [0.2, 0.25) is 0 Å². The number of carbonyl (C=O) groups excluding carboxylic acids is 1. The molecule has 11 heteroatoms. The number of pyridine rings is 1. The summed E-state index contributed by atoms with van der Waals surface area (Å²) in [7, 11) is 1.40. The van der Waals surface area contributed by atoms with Crippen molar-refractivity contribution < 1.29 is 18.0 Å². The van der Waals surface area contributed by atoms with Crippen LogP contribution in [0.25, 0.3) is 0 Å². The Morgan fingerprint density at radius 2 is 2.09 bits per heavy atom. The van der Waals surface area contributed by atoms with Crippen LogP contribution in [0.5, 0.6) is 0 Å². The molecule has 6 nitrogen and oxygen atoms in total. The molecule has 2 aromatic rings. The molecule has 33 heavy (non-hydrogen) atoms. The number of amides is 1. The first-order valence-electron chi connectivity index (χ1n) is 10.2. The van der Waals surface area contributed by atoms with E-state index in [4.69, 9.17) is 0 Å². The summed E-state index contributed by atoms with van der Waals surface area (Å²) in [5, 5.41) is 0.0704. The van der Waals surface area contributed by atoms with E-state index in [9.17, 15) is 22.8 Å². The molecule has 0 saturated heterocycles. The topological polar surface area (TPSA) is 78.4 Å². The van der Waals surface area contributed by atoms with Crippen LogP contribution >= 0.6 is 23.1 Å². The summed E-state index contributed by atoms with van der Waals surface area (Å²) in [5.74, 6) is -2.46. The highest BCUT2D eigenvalue weighted by Crippen LogP contribution is 2.27. The third-order valence-electron chi connectivity index (χ3n) is 4.71. The van der Waals surface area contributed by atoms with Crippen molar-refractivity contribution in [3.63, 3.8) is 0 Å². The van der Waals surface area contributed by atoms with Crippen LogP contribution in [0.1, 0.15) is 43.3 Å². The number of aromatic amines is 1. The number of alkyl halides is 1. The molecular formula is C22H25F3N4O2S2. The zero-order chi connectivity index (χ0) is 24.5. The number of allylic oxidation sites excluding steroid dienone is 3. The van der Waals surface area contributed by atoms with Crippen LogP contribution in [0.2, 0.25) is 0 Å². The number of halogens is 3. The van der Waals surface area contributed by atoms with Gasteiger partial charge in [-0.2, -0.15) is 0 Å². The van der Waals surface area contributed by atoms with E-state index in [0.717, 1.165) is 39.6 Å². The minimum absolute atomic E-state index is 0.0112. The van der Waals surface area contributed by atoms with Crippen molar-refractivity contribution in [2.75, 3.05) is 17.7 Å². The Morgan fingerprint density at radius 3 is 2.61 bits per heavy atom. The first-order chi connectivity index (χ1) is 15.7. The fourth-order valence-electron chi connectivity index (χ4n) is 2.79. The van der Waals surface area contributed by atoms with Crippen molar-refractivity contribution in [2.24, 2.45) is 4.99 Å². The van der Waals surface area contributed by atoms with Crippen molar-refractivity contribution in [3.05, 3.63) is 68.1 Å². The Kier molecular flexibility index (Phi) is 10.1. The van der Waals surface area contributed by atoms with Crippen molar-refractivity contribution in [1.82, 2.24) is 9.97 Å². The van der Waals surface area contributed by atoms with Crippen molar-refractivity contribution in [1.29, 1.82) is 0 Å². The van der Waals surface area contributed by atoms with E-state index in [1.807, 2.05) is 13.8 Å². The zero-order valence-corrected chi connectivity index (χ0v) is 20.3. The Balaban J connectivity index is 2.45. The summed E-state index contributed by atoms with van der Waals surface area (Å²) in [6.45, 7) is 5.02. The van der Waals surface area contributed by atoms with Gasteiger partial charge in [0.1, 0.15) is 16.9 Å². The van der Waals surface area contributed by atoms with Crippen LogP contribution in [0, 0.1) is 5.82 Å². The molecule has 1 N–H and O–H groups in total. The number of hydrogen-bond donors (Lipinski definition) is 1. The van der Waals surface area contributed by atoms with Gasteiger partial charge in [0.25, 0.3) is 11.5 Å². The summed E-state index contributed by atoms with van der Waals surface area (Å²) in [5.41, 5.74) is 1.28. The number of thioether (sulfide) groups is 1. The van der Waals surface area contributed by atoms with Crippen LogP contribution in [0.15, 0.2) is 56.8 Å². The smallest absolute Gasteiger partial charge is 0.284 e. The summed E-state index contributed by atoms with van der Waals surface area (Å²) < 4.78 is 43.1. The maximum atomic E-state index is 14.8. The summed E-state index contributed by atoms with van der Waals surface area (Å²) in [6, 6.07) is 0.899. The third kappa shape index (κ3) is 6.91. The summed E-state index contributed by atoms with van der Waals surface area (Å²) in [6.07, 6.45) is 3.56. The molecule has 2 rings (SSSR count). The molecule has 1 unspecified atom stereocenters. The molecule has 0 spiro atoms. The highest BCUT2D eigenvalue weighted by atomic mass is 32.2.